The number of rotatable bonds is 2. The molecule has 0 aromatic heterocycles. The second kappa shape index (κ2) is 7.56. The molecule has 0 heteroatoms. The van der Waals surface area contributed by atoms with E-state index in [4.69, 9.17) is 0 Å². The van der Waals surface area contributed by atoms with Gasteiger partial charge in [0, 0.05) is 0 Å². The van der Waals surface area contributed by atoms with E-state index in [1.165, 1.54) is 93.9 Å². The molecule has 7 aromatic rings. The van der Waals surface area contributed by atoms with Crippen molar-refractivity contribution in [1.29, 1.82) is 0 Å². The summed E-state index contributed by atoms with van der Waals surface area (Å²) in [4.78, 5) is 0. The molecular formula is C39H24. The van der Waals surface area contributed by atoms with Crippen molar-refractivity contribution in [2.24, 2.45) is 0 Å². The summed E-state index contributed by atoms with van der Waals surface area (Å²) in [6, 6.07) is 47.5. The van der Waals surface area contributed by atoms with Crippen LogP contribution in [-0.4, -0.2) is 0 Å². The Morgan fingerprint density at radius 2 is 0.744 bits per heavy atom. The summed E-state index contributed by atoms with van der Waals surface area (Å²) in [7, 11) is 0. The molecule has 180 valence electrons. The molecule has 7 aromatic carbocycles. The third kappa shape index (κ3) is 2.73. The first-order valence-electron chi connectivity index (χ1n) is 13.7. The Hall–Kier alpha value is -4.94. The highest BCUT2D eigenvalue weighted by molar-refractivity contribution is 6.20. The van der Waals surface area contributed by atoms with Crippen LogP contribution in [0.25, 0.3) is 88.3 Å². The molecule has 0 aliphatic heterocycles. The Morgan fingerprint density at radius 1 is 0.308 bits per heavy atom. The maximum atomic E-state index is 2.41. The molecule has 0 spiro atoms. The second-order valence-electron chi connectivity index (χ2n) is 10.9. The van der Waals surface area contributed by atoms with Crippen LogP contribution in [0.4, 0.5) is 0 Å². The van der Waals surface area contributed by atoms with Gasteiger partial charge in [-0.25, -0.2) is 0 Å². The molecule has 0 radical (unpaired) electrons. The van der Waals surface area contributed by atoms with Crippen molar-refractivity contribution in [3.63, 3.8) is 0 Å². The van der Waals surface area contributed by atoms with Crippen LogP contribution in [-0.2, 0) is 0 Å². The molecule has 0 nitrogen and oxygen atoms in total. The molecule has 2 aliphatic rings. The Labute approximate surface area is 227 Å². The van der Waals surface area contributed by atoms with E-state index in [9.17, 15) is 0 Å². The van der Waals surface area contributed by atoms with Gasteiger partial charge >= 0.3 is 0 Å². The van der Waals surface area contributed by atoms with E-state index in [-0.39, 0.29) is 0 Å². The molecule has 0 bridgehead atoms. The van der Waals surface area contributed by atoms with Gasteiger partial charge in [-0.15, -0.1) is 0 Å². The molecule has 0 fully saturated rings. The van der Waals surface area contributed by atoms with Crippen molar-refractivity contribution in [3.05, 3.63) is 133 Å². The van der Waals surface area contributed by atoms with Crippen LogP contribution < -0.4 is 0 Å². The molecule has 2 aliphatic carbocycles. The van der Waals surface area contributed by atoms with Crippen molar-refractivity contribution < 1.29 is 0 Å². The number of aryl methyl sites for hydroxylation is 1. The zero-order valence-corrected chi connectivity index (χ0v) is 21.6. The lowest BCUT2D eigenvalue weighted by Gasteiger charge is -2.15. The summed E-state index contributed by atoms with van der Waals surface area (Å²) in [6.45, 7) is 2.24. The van der Waals surface area contributed by atoms with Crippen LogP contribution in [0.1, 0.15) is 5.56 Å². The van der Waals surface area contributed by atoms with Gasteiger partial charge < -0.3 is 0 Å². The van der Waals surface area contributed by atoms with Crippen LogP contribution in [0.5, 0.6) is 0 Å². The summed E-state index contributed by atoms with van der Waals surface area (Å²) in [6.07, 6.45) is 0. The third-order valence-corrected chi connectivity index (χ3v) is 8.93. The maximum Gasteiger partial charge on any atom is -0.00201 e. The fourth-order valence-corrected chi connectivity index (χ4v) is 7.18. The molecule has 0 N–H and O–H groups in total. The summed E-state index contributed by atoms with van der Waals surface area (Å²) < 4.78 is 0. The fraction of sp³-hybridized carbons (Fsp3) is 0.0256. The normalized spacial score (nSPS) is 12.2. The SMILES string of the molecule is Cc1ccc(-c2ccc3c4c(cccc24)-c2ccccc2-3)cc1-c1ccc2c3c(cccc13)-c1ccccc1-2. The molecule has 0 heterocycles. The first kappa shape index (κ1) is 21.0. The number of benzene rings is 7. The van der Waals surface area contributed by atoms with Crippen molar-refractivity contribution in [2.75, 3.05) is 0 Å². The molecule has 0 atom stereocenters. The lowest BCUT2D eigenvalue weighted by Crippen LogP contribution is -1.89. The number of fused-ring (bicyclic) bond motifs is 6. The van der Waals surface area contributed by atoms with Crippen molar-refractivity contribution in [1.82, 2.24) is 0 Å². The molecule has 9 rings (SSSR count). The highest BCUT2D eigenvalue weighted by atomic mass is 14.3. The smallest absolute Gasteiger partial charge is 0.00201 e. The summed E-state index contributed by atoms with van der Waals surface area (Å²) in [5, 5.41) is 5.41. The predicted octanol–water partition coefficient (Wildman–Crippen LogP) is 10.9. The minimum Gasteiger partial charge on any atom is -0.0616 e. The predicted molar refractivity (Wildman–Crippen MR) is 166 cm³/mol. The third-order valence-electron chi connectivity index (χ3n) is 8.93. The second-order valence-corrected chi connectivity index (χ2v) is 10.9. The van der Waals surface area contributed by atoms with E-state index in [1.54, 1.807) is 0 Å². The first-order chi connectivity index (χ1) is 19.3. The number of hydrogen-bond donors (Lipinski definition) is 0. The van der Waals surface area contributed by atoms with Crippen molar-refractivity contribution >= 4 is 21.5 Å². The van der Waals surface area contributed by atoms with E-state index in [0.29, 0.717) is 0 Å². The zero-order valence-electron chi connectivity index (χ0n) is 21.6. The van der Waals surface area contributed by atoms with Crippen molar-refractivity contribution in [2.45, 2.75) is 6.92 Å². The van der Waals surface area contributed by atoms with Crippen LogP contribution in [0, 0.1) is 6.92 Å². The van der Waals surface area contributed by atoms with Gasteiger partial charge in [0.1, 0.15) is 0 Å². The van der Waals surface area contributed by atoms with E-state index < -0.39 is 0 Å². The molecule has 0 saturated heterocycles. The largest absolute Gasteiger partial charge is 0.0616 e. The Balaban J connectivity index is 1.27. The molecule has 0 unspecified atom stereocenters. The zero-order chi connectivity index (χ0) is 25.7. The molecule has 0 saturated carbocycles. The van der Waals surface area contributed by atoms with Gasteiger partial charge in [-0.3, -0.25) is 0 Å². The van der Waals surface area contributed by atoms with Crippen LogP contribution in [0.3, 0.4) is 0 Å². The van der Waals surface area contributed by atoms with E-state index >= 15 is 0 Å². The van der Waals surface area contributed by atoms with Gasteiger partial charge in [0.05, 0.1) is 0 Å². The topological polar surface area (TPSA) is 0 Å². The average molecular weight is 493 g/mol. The summed E-state index contributed by atoms with van der Waals surface area (Å²) >= 11 is 0. The van der Waals surface area contributed by atoms with Crippen molar-refractivity contribution in [3.8, 4) is 66.8 Å². The van der Waals surface area contributed by atoms with Gasteiger partial charge in [-0.2, -0.15) is 0 Å². The quantitative estimate of drug-likeness (QED) is 0.225. The lowest BCUT2D eigenvalue weighted by molar-refractivity contribution is 1.47. The van der Waals surface area contributed by atoms with E-state index in [0.717, 1.165) is 0 Å². The molecule has 0 amide bonds. The first-order valence-corrected chi connectivity index (χ1v) is 13.7. The minimum atomic E-state index is 1.27. The van der Waals surface area contributed by atoms with Gasteiger partial charge in [0.2, 0.25) is 0 Å². The standard InChI is InChI=1S/C39H24/c1-23-16-17-24(25-18-20-35-28-10-4-2-8-26(28)32-13-6-12-31(25)38(32)35)22-37(23)30-19-21-36-29-11-5-3-9-27(29)33-14-7-15-34(30)39(33)36/h2-22H,1H3. The average Bonchev–Trinajstić information content (AvgIpc) is 3.50. The molecular weight excluding hydrogens is 468 g/mol. The fourth-order valence-electron chi connectivity index (χ4n) is 7.18. The minimum absolute atomic E-state index is 1.27. The Kier molecular flexibility index (Phi) is 4.08. The molecule has 39 heavy (non-hydrogen) atoms. The van der Waals surface area contributed by atoms with E-state index in [2.05, 4.69) is 134 Å². The van der Waals surface area contributed by atoms with Gasteiger partial charge in [-0.1, -0.05) is 121 Å². The van der Waals surface area contributed by atoms with Gasteiger partial charge in [0.15, 0.2) is 0 Å². The highest BCUT2D eigenvalue weighted by Gasteiger charge is 2.24. The Bertz CT molecular complexity index is 2120. The van der Waals surface area contributed by atoms with E-state index in [1.807, 2.05) is 0 Å². The Morgan fingerprint density at radius 3 is 1.31 bits per heavy atom. The van der Waals surface area contributed by atoms with Crippen LogP contribution >= 0.6 is 0 Å². The van der Waals surface area contributed by atoms with Crippen LogP contribution in [0.2, 0.25) is 0 Å². The monoisotopic (exact) mass is 492 g/mol. The maximum absolute atomic E-state index is 2.41. The number of hydrogen-bond acceptors (Lipinski definition) is 0. The van der Waals surface area contributed by atoms with Crippen LogP contribution in [0.15, 0.2) is 127 Å². The summed E-state index contributed by atoms with van der Waals surface area (Å²) in [5.74, 6) is 0. The summed E-state index contributed by atoms with van der Waals surface area (Å²) in [5.41, 5.74) is 17.2. The van der Waals surface area contributed by atoms with Gasteiger partial charge in [0.25, 0.3) is 0 Å². The lowest BCUT2D eigenvalue weighted by atomic mass is 9.88. The highest BCUT2D eigenvalue weighted by Crippen LogP contribution is 2.51. The van der Waals surface area contributed by atoms with Gasteiger partial charge in [-0.05, 0) is 107 Å².